The zero-order valence-corrected chi connectivity index (χ0v) is 9.63. The van der Waals surface area contributed by atoms with Crippen LogP contribution in [0.15, 0.2) is 18.2 Å². The molecule has 1 saturated carbocycles. The fourth-order valence-electron chi connectivity index (χ4n) is 1.78. The van der Waals surface area contributed by atoms with Crippen molar-refractivity contribution in [3.05, 3.63) is 28.2 Å². The fourth-order valence-corrected chi connectivity index (χ4v) is 2.12. The highest BCUT2D eigenvalue weighted by Gasteiger charge is 2.27. The number of halogens is 2. The number of benzene rings is 1. The van der Waals surface area contributed by atoms with Gasteiger partial charge in [0.2, 0.25) is 0 Å². The zero-order chi connectivity index (χ0) is 10.8. The zero-order valence-electron chi connectivity index (χ0n) is 8.12. The molecule has 82 valence electrons. The molecule has 0 radical (unpaired) electrons. The maximum atomic E-state index is 9.61. The van der Waals surface area contributed by atoms with Gasteiger partial charge in [0.05, 0.1) is 11.1 Å². The lowest BCUT2D eigenvalue weighted by Gasteiger charge is -2.18. The third kappa shape index (κ3) is 2.39. The van der Waals surface area contributed by atoms with Gasteiger partial charge in [-0.3, -0.25) is 0 Å². The molecule has 1 aromatic carbocycles. The Morgan fingerprint density at radius 1 is 1.27 bits per heavy atom. The van der Waals surface area contributed by atoms with E-state index in [4.69, 9.17) is 27.9 Å². The number of ether oxygens (including phenoxy) is 1. The highest BCUT2D eigenvalue weighted by atomic mass is 35.5. The van der Waals surface area contributed by atoms with Gasteiger partial charge in [0, 0.05) is 0 Å². The second-order valence-electron chi connectivity index (χ2n) is 3.71. The molecule has 0 aliphatic heterocycles. The van der Waals surface area contributed by atoms with E-state index in [2.05, 4.69) is 0 Å². The normalized spacial score (nSPS) is 25.5. The molecular weight excluding hydrogens is 235 g/mol. The van der Waals surface area contributed by atoms with Crippen molar-refractivity contribution in [1.82, 2.24) is 0 Å². The van der Waals surface area contributed by atoms with Gasteiger partial charge in [-0.25, -0.2) is 0 Å². The minimum atomic E-state index is -0.389. The van der Waals surface area contributed by atoms with E-state index in [1.807, 2.05) is 0 Å². The summed E-state index contributed by atoms with van der Waals surface area (Å²) in [5.74, 6) is 0.551. The van der Waals surface area contributed by atoms with E-state index in [0.29, 0.717) is 15.8 Å². The molecule has 0 heterocycles. The molecule has 1 aliphatic carbocycles. The van der Waals surface area contributed by atoms with Crippen LogP contribution >= 0.6 is 23.2 Å². The van der Waals surface area contributed by atoms with Crippen molar-refractivity contribution in [1.29, 1.82) is 0 Å². The monoisotopic (exact) mass is 246 g/mol. The lowest BCUT2D eigenvalue weighted by Crippen LogP contribution is -2.25. The van der Waals surface area contributed by atoms with Crippen LogP contribution in [0.2, 0.25) is 10.0 Å². The summed E-state index contributed by atoms with van der Waals surface area (Å²) < 4.78 is 5.63. The van der Waals surface area contributed by atoms with E-state index in [1.54, 1.807) is 18.2 Å². The van der Waals surface area contributed by atoms with Crippen LogP contribution in [0.1, 0.15) is 19.3 Å². The maximum absolute atomic E-state index is 9.61. The lowest BCUT2D eigenvalue weighted by molar-refractivity contribution is 0.0605. The quantitative estimate of drug-likeness (QED) is 0.868. The molecule has 0 saturated heterocycles. The average Bonchev–Trinajstić information content (AvgIpc) is 2.60. The van der Waals surface area contributed by atoms with Gasteiger partial charge >= 0.3 is 0 Å². The Balaban J connectivity index is 2.13. The molecule has 15 heavy (non-hydrogen) atoms. The van der Waals surface area contributed by atoms with Crippen LogP contribution in [-0.2, 0) is 0 Å². The Bertz CT molecular complexity index is 354. The first-order valence-corrected chi connectivity index (χ1v) is 5.73. The number of hydrogen-bond donors (Lipinski definition) is 1. The SMILES string of the molecule is O[C@@H]1CCC[C@H]1Oc1cccc(Cl)c1Cl. The van der Waals surface area contributed by atoms with Gasteiger partial charge in [-0.05, 0) is 31.4 Å². The van der Waals surface area contributed by atoms with Gasteiger partial charge in [-0.2, -0.15) is 0 Å². The lowest BCUT2D eigenvalue weighted by atomic mass is 10.2. The minimum Gasteiger partial charge on any atom is -0.486 e. The van der Waals surface area contributed by atoms with Crippen molar-refractivity contribution in [2.24, 2.45) is 0 Å². The van der Waals surface area contributed by atoms with Crippen molar-refractivity contribution >= 4 is 23.2 Å². The van der Waals surface area contributed by atoms with Crippen LogP contribution < -0.4 is 4.74 Å². The predicted octanol–water partition coefficient (Wildman–Crippen LogP) is 3.29. The first-order valence-electron chi connectivity index (χ1n) is 4.97. The summed E-state index contributed by atoms with van der Waals surface area (Å²) in [5, 5.41) is 10.5. The summed E-state index contributed by atoms with van der Waals surface area (Å²) in [6.45, 7) is 0. The Kier molecular flexibility index (Phi) is 3.39. The standard InChI is InChI=1S/C11H12Cl2O2/c12-7-3-1-6-10(11(7)13)15-9-5-2-4-8(9)14/h1,3,6,8-9,14H,2,4-5H2/t8-,9-/m1/s1. The van der Waals surface area contributed by atoms with E-state index >= 15 is 0 Å². The fraction of sp³-hybridized carbons (Fsp3) is 0.455. The second-order valence-corrected chi connectivity index (χ2v) is 4.49. The summed E-state index contributed by atoms with van der Waals surface area (Å²) in [6.07, 6.45) is 2.11. The van der Waals surface area contributed by atoms with E-state index in [9.17, 15) is 5.11 Å². The van der Waals surface area contributed by atoms with E-state index < -0.39 is 0 Å². The van der Waals surface area contributed by atoms with Crippen LogP contribution in [-0.4, -0.2) is 17.3 Å². The third-order valence-electron chi connectivity index (χ3n) is 2.61. The van der Waals surface area contributed by atoms with E-state index in [1.165, 1.54) is 0 Å². The third-order valence-corrected chi connectivity index (χ3v) is 3.41. The topological polar surface area (TPSA) is 29.5 Å². The van der Waals surface area contributed by atoms with Crippen molar-refractivity contribution in [3.8, 4) is 5.75 Å². The van der Waals surface area contributed by atoms with Gasteiger partial charge in [0.25, 0.3) is 0 Å². The molecular formula is C11H12Cl2O2. The second kappa shape index (κ2) is 4.60. The van der Waals surface area contributed by atoms with Crippen LogP contribution in [0, 0.1) is 0 Å². The Hall–Kier alpha value is -0.440. The Labute approximate surface area is 98.8 Å². The molecule has 0 spiro atoms. The van der Waals surface area contributed by atoms with Gasteiger partial charge in [0.15, 0.2) is 0 Å². The summed E-state index contributed by atoms with van der Waals surface area (Å²) in [7, 11) is 0. The molecule has 0 bridgehead atoms. The molecule has 0 aromatic heterocycles. The molecule has 2 rings (SSSR count). The van der Waals surface area contributed by atoms with E-state index in [-0.39, 0.29) is 12.2 Å². The molecule has 0 amide bonds. The summed E-state index contributed by atoms with van der Waals surface area (Å²) in [5.41, 5.74) is 0. The van der Waals surface area contributed by atoms with Crippen LogP contribution in [0.5, 0.6) is 5.75 Å². The number of aliphatic hydroxyl groups excluding tert-OH is 1. The van der Waals surface area contributed by atoms with Crippen LogP contribution in [0.4, 0.5) is 0 Å². The van der Waals surface area contributed by atoms with E-state index in [0.717, 1.165) is 19.3 Å². The molecule has 4 heteroatoms. The van der Waals surface area contributed by atoms with Gasteiger partial charge < -0.3 is 9.84 Å². The molecule has 1 aliphatic rings. The Morgan fingerprint density at radius 2 is 2.07 bits per heavy atom. The molecule has 1 N–H and O–H groups in total. The van der Waals surface area contributed by atoms with Crippen LogP contribution in [0.3, 0.4) is 0 Å². The largest absolute Gasteiger partial charge is 0.486 e. The molecule has 1 aromatic rings. The highest BCUT2D eigenvalue weighted by Crippen LogP contribution is 2.34. The number of rotatable bonds is 2. The molecule has 2 nitrogen and oxygen atoms in total. The van der Waals surface area contributed by atoms with Crippen molar-refractivity contribution in [2.75, 3.05) is 0 Å². The van der Waals surface area contributed by atoms with Crippen molar-refractivity contribution < 1.29 is 9.84 Å². The first kappa shape index (κ1) is 11.1. The molecule has 2 atom stereocenters. The van der Waals surface area contributed by atoms with Crippen molar-refractivity contribution in [3.63, 3.8) is 0 Å². The molecule has 0 unspecified atom stereocenters. The van der Waals surface area contributed by atoms with Gasteiger partial charge in [-0.1, -0.05) is 29.3 Å². The van der Waals surface area contributed by atoms with Crippen LogP contribution in [0.25, 0.3) is 0 Å². The van der Waals surface area contributed by atoms with Gasteiger partial charge in [0.1, 0.15) is 16.9 Å². The summed E-state index contributed by atoms with van der Waals surface area (Å²) in [6, 6.07) is 5.26. The minimum absolute atomic E-state index is 0.152. The molecule has 1 fully saturated rings. The summed E-state index contributed by atoms with van der Waals surface area (Å²) in [4.78, 5) is 0. The smallest absolute Gasteiger partial charge is 0.139 e. The van der Waals surface area contributed by atoms with Crippen molar-refractivity contribution in [2.45, 2.75) is 31.5 Å². The highest BCUT2D eigenvalue weighted by molar-refractivity contribution is 6.42. The number of hydrogen-bond acceptors (Lipinski definition) is 2. The Morgan fingerprint density at radius 3 is 2.73 bits per heavy atom. The number of aliphatic hydroxyl groups is 1. The maximum Gasteiger partial charge on any atom is 0.139 e. The predicted molar refractivity (Wildman–Crippen MR) is 60.7 cm³/mol. The first-order chi connectivity index (χ1) is 7.18. The van der Waals surface area contributed by atoms with Gasteiger partial charge in [-0.15, -0.1) is 0 Å². The summed E-state index contributed by atoms with van der Waals surface area (Å²) >= 11 is 11.8. The average molecular weight is 247 g/mol.